The van der Waals surface area contributed by atoms with Crippen molar-refractivity contribution in [2.24, 2.45) is 0 Å². The number of pyridine rings is 1. The second kappa shape index (κ2) is 14.0. The Labute approximate surface area is 287 Å². The van der Waals surface area contributed by atoms with Gasteiger partial charge in [0.05, 0.1) is 44.2 Å². The van der Waals surface area contributed by atoms with Gasteiger partial charge in [0.15, 0.2) is 6.10 Å². The van der Waals surface area contributed by atoms with Crippen molar-refractivity contribution in [2.75, 3.05) is 69.8 Å². The lowest BCUT2D eigenvalue weighted by Gasteiger charge is -2.43. The molecule has 1 unspecified atom stereocenters. The number of hydrogen-bond donors (Lipinski definition) is 2. The zero-order valence-electron chi connectivity index (χ0n) is 27.5. The summed E-state index contributed by atoms with van der Waals surface area (Å²) in [7, 11) is 1.58. The predicted octanol–water partition coefficient (Wildman–Crippen LogP) is 2.58. The first kappa shape index (κ1) is 33.4. The second-order valence-electron chi connectivity index (χ2n) is 12.7. The number of aromatic nitrogens is 3. The van der Waals surface area contributed by atoms with E-state index in [4.69, 9.17) is 14.2 Å². The Hall–Kier alpha value is -5.14. The highest BCUT2D eigenvalue weighted by Crippen LogP contribution is 2.35. The summed E-state index contributed by atoms with van der Waals surface area (Å²) in [5.74, 6) is -2.93. The third-order valence-corrected chi connectivity index (χ3v) is 9.52. The number of rotatable bonds is 9. The predicted molar refractivity (Wildman–Crippen MR) is 176 cm³/mol. The molecule has 4 aliphatic rings. The van der Waals surface area contributed by atoms with E-state index >= 15 is 8.78 Å². The number of anilines is 3. The molecule has 4 fully saturated rings. The van der Waals surface area contributed by atoms with Crippen LogP contribution >= 0.6 is 0 Å². The fraction of sp³-hybridized carbons (Fsp3) is 0.471. The van der Waals surface area contributed by atoms with E-state index in [-0.39, 0.29) is 49.0 Å². The number of benzene rings is 1. The summed E-state index contributed by atoms with van der Waals surface area (Å²) >= 11 is 0. The Balaban J connectivity index is 0.999. The number of amides is 2. The molecular weight excluding hydrogens is 652 g/mol. The number of likely N-dealkylation sites (tertiary alicyclic amines) is 1. The number of carbonyl (C=O) groups is 2. The second-order valence-corrected chi connectivity index (χ2v) is 12.7. The zero-order chi connectivity index (χ0) is 34.8. The summed E-state index contributed by atoms with van der Waals surface area (Å²) in [6, 6.07) is 11.8. The van der Waals surface area contributed by atoms with E-state index in [1.54, 1.807) is 25.4 Å². The SMILES string of the molecule is COc1nc(Nc2nccc(-c3ccc(OC4CCN(C(=O)[C@@H]5CCC(=O)N5)CC4(F)F)c(C#N)c3)n2)ccc1N1CCN(C2COC2)CC1. The maximum Gasteiger partial charge on any atom is 0.301 e. The van der Waals surface area contributed by atoms with Gasteiger partial charge in [0.25, 0.3) is 0 Å². The first-order chi connectivity index (χ1) is 24.2. The van der Waals surface area contributed by atoms with E-state index in [1.807, 2.05) is 18.2 Å². The first-order valence-corrected chi connectivity index (χ1v) is 16.6. The molecule has 2 amide bonds. The fourth-order valence-corrected chi connectivity index (χ4v) is 6.66. The van der Waals surface area contributed by atoms with E-state index in [2.05, 4.69) is 35.4 Å². The molecule has 7 rings (SSSR count). The van der Waals surface area contributed by atoms with Gasteiger partial charge in [-0.05, 0) is 42.8 Å². The number of alkyl halides is 2. The quantitative estimate of drug-likeness (QED) is 0.339. The number of nitriles is 1. The maximum atomic E-state index is 15.2. The van der Waals surface area contributed by atoms with Gasteiger partial charge in [-0.15, -0.1) is 0 Å². The molecule has 0 saturated carbocycles. The van der Waals surface area contributed by atoms with Gasteiger partial charge in [0, 0.05) is 57.3 Å². The van der Waals surface area contributed by atoms with Crippen molar-refractivity contribution >= 4 is 29.3 Å². The van der Waals surface area contributed by atoms with Crippen LogP contribution in [0.5, 0.6) is 11.6 Å². The van der Waals surface area contributed by atoms with Crippen molar-refractivity contribution < 1.29 is 32.6 Å². The number of ether oxygens (including phenoxy) is 3. The number of piperidine rings is 1. The van der Waals surface area contributed by atoms with Gasteiger partial charge in [-0.3, -0.25) is 14.5 Å². The summed E-state index contributed by atoms with van der Waals surface area (Å²) in [6.07, 6.45) is 0.365. The van der Waals surface area contributed by atoms with E-state index in [1.165, 1.54) is 12.1 Å². The number of nitrogens with zero attached hydrogens (tertiary/aromatic N) is 7. The minimum absolute atomic E-state index is 0.00557. The van der Waals surface area contributed by atoms with Crippen LogP contribution in [0.4, 0.5) is 26.2 Å². The Morgan fingerprint density at radius 2 is 1.92 bits per heavy atom. The summed E-state index contributed by atoms with van der Waals surface area (Å²) in [6.45, 7) is 4.38. The van der Waals surface area contributed by atoms with Crippen LogP contribution < -0.4 is 25.0 Å². The Morgan fingerprint density at radius 3 is 2.60 bits per heavy atom. The van der Waals surface area contributed by atoms with Crippen molar-refractivity contribution in [1.29, 1.82) is 5.26 Å². The summed E-state index contributed by atoms with van der Waals surface area (Å²) < 4.78 is 47.1. The van der Waals surface area contributed by atoms with Crippen molar-refractivity contribution in [3.05, 3.63) is 48.2 Å². The van der Waals surface area contributed by atoms with Gasteiger partial charge in [0.1, 0.15) is 29.4 Å². The fourth-order valence-electron chi connectivity index (χ4n) is 6.66. The minimum Gasteiger partial charge on any atom is -0.483 e. The van der Waals surface area contributed by atoms with Crippen LogP contribution in [0, 0.1) is 11.3 Å². The maximum absolute atomic E-state index is 15.2. The van der Waals surface area contributed by atoms with Crippen molar-refractivity contribution in [3.63, 3.8) is 0 Å². The first-order valence-electron chi connectivity index (χ1n) is 16.6. The monoisotopic (exact) mass is 689 g/mol. The number of hydrogen-bond acceptors (Lipinski definition) is 12. The molecule has 2 atom stereocenters. The molecule has 50 heavy (non-hydrogen) atoms. The van der Waals surface area contributed by atoms with Crippen molar-refractivity contribution in [3.8, 4) is 29.0 Å². The Bertz CT molecular complexity index is 1790. The highest BCUT2D eigenvalue weighted by atomic mass is 19.3. The van der Waals surface area contributed by atoms with E-state index in [0.717, 1.165) is 50.0 Å². The Morgan fingerprint density at radius 1 is 1.10 bits per heavy atom. The third-order valence-electron chi connectivity index (χ3n) is 9.52. The molecule has 16 heteroatoms. The van der Waals surface area contributed by atoms with Gasteiger partial charge in [-0.1, -0.05) is 0 Å². The molecule has 0 aliphatic carbocycles. The molecule has 0 spiro atoms. The van der Waals surface area contributed by atoms with E-state index < -0.39 is 30.5 Å². The number of nitrogens with one attached hydrogen (secondary N) is 2. The number of halogens is 2. The third kappa shape index (κ3) is 6.96. The topological polar surface area (TPSA) is 158 Å². The summed E-state index contributed by atoms with van der Waals surface area (Å²) in [4.78, 5) is 43.5. The molecule has 4 saturated heterocycles. The molecule has 3 aromatic rings. The van der Waals surface area contributed by atoms with Gasteiger partial charge < -0.3 is 34.6 Å². The molecule has 0 bridgehead atoms. The van der Waals surface area contributed by atoms with Gasteiger partial charge in [-0.2, -0.15) is 10.2 Å². The van der Waals surface area contributed by atoms with Gasteiger partial charge >= 0.3 is 5.92 Å². The molecule has 2 aromatic heterocycles. The molecule has 14 nitrogen and oxygen atoms in total. The van der Waals surface area contributed by atoms with Crippen LogP contribution in [0.1, 0.15) is 24.8 Å². The number of methoxy groups -OCH3 is 1. The smallest absolute Gasteiger partial charge is 0.301 e. The average Bonchev–Trinajstić information content (AvgIpc) is 3.54. The highest BCUT2D eigenvalue weighted by Gasteiger charge is 2.49. The van der Waals surface area contributed by atoms with Crippen LogP contribution in [0.25, 0.3) is 11.3 Å². The average molecular weight is 690 g/mol. The molecule has 4 aliphatic heterocycles. The number of piperazine rings is 1. The molecule has 6 heterocycles. The zero-order valence-corrected chi connectivity index (χ0v) is 27.5. The standard InChI is InChI=1S/C34H37F2N9O5/c1-48-31-26(44-14-12-43(13-15-44)23-18-49-19-23)4-6-29(41-31)42-33-38-10-8-24(40-33)21-2-5-27(22(16-21)17-37)50-28-9-11-45(20-34(28,35)36)32(47)25-3-7-30(46)39-25/h2,4-6,8,10,16,23,25,28H,3,7,9,11-15,18-20H2,1H3,(H,39,46)(H,38,40,41,42)/t25-,28?/m0/s1. The Kier molecular flexibility index (Phi) is 9.34. The number of carbonyl (C=O) groups excluding carboxylic acids is 2. The highest BCUT2D eigenvalue weighted by molar-refractivity contribution is 5.91. The normalized spacial score (nSPS) is 22.3. The molecule has 0 radical (unpaired) electrons. The largest absolute Gasteiger partial charge is 0.483 e. The van der Waals surface area contributed by atoms with E-state index in [9.17, 15) is 14.9 Å². The minimum atomic E-state index is -3.37. The van der Waals surface area contributed by atoms with Gasteiger partial charge in [-0.25, -0.2) is 18.7 Å². The van der Waals surface area contributed by atoms with Crippen molar-refractivity contribution in [2.45, 2.75) is 43.4 Å². The summed E-state index contributed by atoms with van der Waals surface area (Å²) in [5.41, 5.74) is 2.00. The molecular formula is C34H37F2N9O5. The lowest BCUT2D eigenvalue weighted by molar-refractivity contribution is -0.161. The molecule has 1 aromatic carbocycles. The lowest BCUT2D eigenvalue weighted by Crippen LogP contribution is -2.58. The van der Waals surface area contributed by atoms with E-state index in [0.29, 0.717) is 29.0 Å². The van der Waals surface area contributed by atoms with Crippen LogP contribution in [0.15, 0.2) is 42.6 Å². The molecule has 262 valence electrons. The van der Waals surface area contributed by atoms with Crippen molar-refractivity contribution in [1.82, 2.24) is 30.1 Å². The van der Waals surface area contributed by atoms with Gasteiger partial charge in [0.2, 0.25) is 23.6 Å². The van der Waals surface area contributed by atoms with Crippen LogP contribution in [-0.4, -0.2) is 120 Å². The van der Waals surface area contributed by atoms with Crippen LogP contribution in [-0.2, 0) is 14.3 Å². The molecule has 2 N–H and O–H groups in total. The summed E-state index contributed by atoms with van der Waals surface area (Å²) in [5, 5.41) is 15.5. The van der Waals surface area contributed by atoms with Crippen LogP contribution in [0.3, 0.4) is 0 Å². The van der Waals surface area contributed by atoms with Crippen LogP contribution in [0.2, 0.25) is 0 Å². The lowest BCUT2D eigenvalue weighted by atomic mass is 10.0.